The third kappa shape index (κ3) is 5.70. The minimum Gasteiger partial charge on any atom is -0.329 e. The summed E-state index contributed by atoms with van der Waals surface area (Å²) in [7, 11) is 0. The van der Waals surface area contributed by atoms with Gasteiger partial charge in [0.15, 0.2) is 0 Å². The van der Waals surface area contributed by atoms with Gasteiger partial charge in [-0.1, -0.05) is 42.5 Å². The summed E-state index contributed by atoms with van der Waals surface area (Å²) in [4.78, 5) is 10.4. The van der Waals surface area contributed by atoms with Gasteiger partial charge in [-0.25, -0.2) is 0 Å². The number of rotatable bonds is 9. The van der Waals surface area contributed by atoms with Crippen LogP contribution in [0.15, 0.2) is 54.6 Å². The monoisotopic (exact) mass is 296 g/mol. The molecule has 1 atom stereocenters. The zero-order valence-corrected chi connectivity index (χ0v) is 13.1. The topological polar surface area (TPSA) is 41.1 Å². The Morgan fingerprint density at radius 3 is 2.41 bits per heavy atom. The fraction of sp³-hybridized carbons (Fsp3) is 0.316. The van der Waals surface area contributed by atoms with Gasteiger partial charge < -0.3 is 10.6 Å². The van der Waals surface area contributed by atoms with Crippen molar-refractivity contribution in [3.63, 3.8) is 0 Å². The summed E-state index contributed by atoms with van der Waals surface area (Å²) in [5.74, 6) is 0. The van der Waals surface area contributed by atoms with E-state index in [2.05, 4.69) is 60.0 Å². The van der Waals surface area contributed by atoms with Crippen LogP contribution in [-0.4, -0.2) is 19.0 Å². The van der Waals surface area contributed by atoms with E-state index in [0.29, 0.717) is 12.5 Å². The number of anilines is 1. The molecule has 0 fully saturated rings. The number of hydrogen-bond acceptors (Lipinski definition) is 2. The second kappa shape index (κ2) is 9.00. The third-order valence-electron chi connectivity index (χ3n) is 3.70. The van der Waals surface area contributed by atoms with Gasteiger partial charge in [-0.15, -0.1) is 0 Å². The predicted octanol–water partition coefficient (Wildman–Crippen LogP) is 3.41. The van der Waals surface area contributed by atoms with E-state index >= 15 is 0 Å². The summed E-state index contributed by atoms with van der Waals surface area (Å²) in [5.41, 5.74) is 3.51. The molecule has 2 aromatic rings. The van der Waals surface area contributed by atoms with Crippen molar-refractivity contribution in [2.24, 2.45) is 0 Å². The van der Waals surface area contributed by atoms with Crippen molar-refractivity contribution in [1.82, 2.24) is 5.32 Å². The Hall–Kier alpha value is -2.13. The van der Waals surface area contributed by atoms with Gasteiger partial charge >= 0.3 is 0 Å². The van der Waals surface area contributed by atoms with Crippen LogP contribution in [0.3, 0.4) is 0 Å². The van der Waals surface area contributed by atoms with Gasteiger partial charge in [-0.05, 0) is 56.0 Å². The summed E-state index contributed by atoms with van der Waals surface area (Å²) >= 11 is 0. The molecule has 0 aliphatic carbocycles. The lowest BCUT2D eigenvalue weighted by Crippen LogP contribution is -2.29. The van der Waals surface area contributed by atoms with Crippen molar-refractivity contribution < 1.29 is 4.79 Å². The Bertz CT molecular complexity index is 551. The molecule has 0 aliphatic rings. The minimum atomic E-state index is 0.445. The molecular weight excluding hydrogens is 272 g/mol. The molecule has 0 aliphatic heterocycles. The number of nitrogens with one attached hydrogen (secondary N) is 2. The average Bonchev–Trinajstić information content (AvgIpc) is 2.55. The van der Waals surface area contributed by atoms with E-state index in [1.165, 1.54) is 11.1 Å². The van der Waals surface area contributed by atoms with E-state index in [9.17, 15) is 4.79 Å². The molecule has 1 unspecified atom stereocenters. The maximum atomic E-state index is 10.4. The van der Waals surface area contributed by atoms with E-state index in [-0.39, 0.29) is 0 Å². The van der Waals surface area contributed by atoms with Crippen LogP contribution in [0, 0.1) is 0 Å². The van der Waals surface area contributed by atoms with Crippen molar-refractivity contribution in [3.05, 3.63) is 65.7 Å². The third-order valence-corrected chi connectivity index (χ3v) is 3.70. The second-order valence-electron chi connectivity index (χ2n) is 5.61. The van der Waals surface area contributed by atoms with Crippen LogP contribution in [-0.2, 0) is 17.6 Å². The molecule has 0 heterocycles. The summed E-state index contributed by atoms with van der Waals surface area (Å²) in [5, 5.41) is 6.22. The maximum Gasteiger partial charge on any atom is 0.211 e. The zero-order chi connectivity index (χ0) is 15.6. The molecule has 0 spiro atoms. The Labute approximate surface area is 132 Å². The molecule has 3 nitrogen and oxygen atoms in total. The Balaban J connectivity index is 1.67. The van der Waals surface area contributed by atoms with Gasteiger partial charge in [-0.2, -0.15) is 0 Å². The number of carbonyl (C=O) groups excluding carboxylic acids is 1. The number of amides is 1. The molecule has 116 valence electrons. The summed E-state index contributed by atoms with van der Waals surface area (Å²) in [6, 6.07) is 19.0. The van der Waals surface area contributed by atoms with Crippen LogP contribution in [0.1, 0.15) is 24.5 Å². The quantitative estimate of drug-likeness (QED) is 0.550. The van der Waals surface area contributed by atoms with Crippen molar-refractivity contribution in [2.75, 3.05) is 11.9 Å². The molecule has 2 rings (SSSR count). The molecule has 22 heavy (non-hydrogen) atoms. The molecule has 0 saturated heterocycles. The summed E-state index contributed by atoms with van der Waals surface area (Å²) < 4.78 is 0. The summed E-state index contributed by atoms with van der Waals surface area (Å²) in [6.07, 6.45) is 3.96. The number of benzene rings is 2. The summed E-state index contributed by atoms with van der Waals surface area (Å²) in [6.45, 7) is 3.24. The molecule has 2 N–H and O–H groups in total. The van der Waals surface area contributed by atoms with Crippen LogP contribution >= 0.6 is 0 Å². The normalized spacial score (nSPS) is 11.9. The number of aryl methyl sites for hydroxylation is 1. The lowest BCUT2D eigenvalue weighted by Gasteiger charge is -2.14. The SMILES string of the molecule is CC(Cc1ccc(NC=O)cc1)NCCCc1ccccc1. The highest BCUT2D eigenvalue weighted by Crippen LogP contribution is 2.10. The van der Waals surface area contributed by atoms with E-state index in [1.54, 1.807) is 0 Å². The molecule has 0 radical (unpaired) electrons. The van der Waals surface area contributed by atoms with Gasteiger partial charge in [0, 0.05) is 11.7 Å². The molecule has 0 bridgehead atoms. The minimum absolute atomic E-state index is 0.445. The fourth-order valence-corrected chi connectivity index (χ4v) is 2.52. The Morgan fingerprint density at radius 2 is 1.73 bits per heavy atom. The van der Waals surface area contributed by atoms with Crippen LogP contribution < -0.4 is 10.6 Å². The zero-order valence-electron chi connectivity index (χ0n) is 13.1. The Kier molecular flexibility index (Phi) is 6.65. The van der Waals surface area contributed by atoms with Crippen molar-refractivity contribution in [2.45, 2.75) is 32.2 Å². The molecule has 0 aromatic heterocycles. The number of hydrogen-bond donors (Lipinski definition) is 2. The largest absolute Gasteiger partial charge is 0.329 e. The first kappa shape index (κ1) is 16.2. The van der Waals surface area contributed by atoms with E-state index < -0.39 is 0 Å². The lowest BCUT2D eigenvalue weighted by atomic mass is 10.1. The smallest absolute Gasteiger partial charge is 0.211 e. The molecule has 1 amide bonds. The highest BCUT2D eigenvalue weighted by atomic mass is 16.1. The van der Waals surface area contributed by atoms with Crippen LogP contribution in [0.4, 0.5) is 5.69 Å². The van der Waals surface area contributed by atoms with Gasteiger partial charge in [0.05, 0.1) is 0 Å². The highest BCUT2D eigenvalue weighted by Gasteiger charge is 2.03. The Morgan fingerprint density at radius 1 is 1.00 bits per heavy atom. The van der Waals surface area contributed by atoms with Crippen LogP contribution in [0.25, 0.3) is 0 Å². The molecular formula is C19H24N2O. The first-order valence-electron chi connectivity index (χ1n) is 7.84. The van der Waals surface area contributed by atoms with E-state index in [4.69, 9.17) is 0 Å². The highest BCUT2D eigenvalue weighted by molar-refractivity contribution is 5.71. The molecule has 3 heteroatoms. The van der Waals surface area contributed by atoms with E-state index in [0.717, 1.165) is 31.5 Å². The van der Waals surface area contributed by atoms with Crippen molar-refractivity contribution >= 4 is 12.1 Å². The van der Waals surface area contributed by atoms with Crippen molar-refractivity contribution in [3.8, 4) is 0 Å². The van der Waals surface area contributed by atoms with Crippen LogP contribution in [0.5, 0.6) is 0 Å². The van der Waals surface area contributed by atoms with Gasteiger partial charge in [0.2, 0.25) is 6.41 Å². The predicted molar refractivity (Wildman–Crippen MR) is 92.1 cm³/mol. The first-order valence-corrected chi connectivity index (χ1v) is 7.84. The first-order chi connectivity index (χ1) is 10.8. The average molecular weight is 296 g/mol. The van der Waals surface area contributed by atoms with Gasteiger partial charge in [0.1, 0.15) is 0 Å². The maximum absolute atomic E-state index is 10.4. The standard InChI is InChI=1S/C19H24N2O/c1-16(14-18-9-11-19(12-10-18)21-15-22)20-13-5-8-17-6-3-2-4-7-17/h2-4,6-7,9-12,15-16,20H,5,8,13-14H2,1H3,(H,21,22). The lowest BCUT2D eigenvalue weighted by molar-refractivity contribution is -0.105. The number of carbonyl (C=O) groups is 1. The van der Waals surface area contributed by atoms with Gasteiger partial charge in [0.25, 0.3) is 0 Å². The van der Waals surface area contributed by atoms with Crippen molar-refractivity contribution in [1.29, 1.82) is 0 Å². The second-order valence-corrected chi connectivity index (χ2v) is 5.61. The molecule has 2 aromatic carbocycles. The molecule has 0 saturated carbocycles. The fourth-order valence-electron chi connectivity index (χ4n) is 2.52. The van der Waals surface area contributed by atoms with E-state index in [1.807, 2.05) is 12.1 Å². The van der Waals surface area contributed by atoms with Crippen LogP contribution in [0.2, 0.25) is 0 Å². The van der Waals surface area contributed by atoms with Gasteiger partial charge in [-0.3, -0.25) is 4.79 Å².